The number of carbonyl (C=O) groups is 1. The fourth-order valence-corrected chi connectivity index (χ4v) is 5.36. The molecule has 5 heteroatoms. The molecule has 3 rings (SSSR count). The van der Waals surface area contributed by atoms with E-state index in [0.717, 1.165) is 19.4 Å². The van der Waals surface area contributed by atoms with Gasteiger partial charge in [0.25, 0.3) is 0 Å². The van der Waals surface area contributed by atoms with Gasteiger partial charge in [-0.05, 0) is 62.4 Å². The molecule has 0 radical (unpaired) electrons. The lowest BCUT2D eigenvalue weighted by atomic mass is 9.95. The predicted octanol–water partition coefficient (Wildman–Crippen LogP) is 4.31. The third kappa shape index (κ3) is 3.12. The Hall–Kier alpha value is -1.17. The first-order valence-electron chi connectivity index (χ1n) is 7.63. The average Bonchev–Trinajstić information content (AvgIpc) is 3.10. The first-order valence-corrected chi connectivity index (χ1v) is 9.33. The van der Waals surface area contributed by atoms with Gasteiger partial charge >= 0.3 is 5.97 Å². The maximum Gasteiger partial charge on any atom is 0.307 e. The van der Waals surface area contributed by atoms with Crippen LogP contribution < -0.4 is 0 Å². The second-order valence-corrected chi connectivity index (χ2v) is 8.26. The minimum Gasteiger partial charge on any atom is -0.481 e. The van der Waals surface area contributed by atoms with Crippen LogP contribution in [0.5, 0.6) is 0 Å². The molecule has 0 aliphatic carbocycles. The molecule has 1 fully saturated rings. The van der Waals surface area contributed by atoms with E-state index >= 15 is 0 Å². The number of hydrogen-bond acceptors (Lipinski definition) is 4. The van der Waals surface area contributed by atoms with E-state index in [1.165, 1.54) is 20.2 Å². The summed E-state index contributed by atoms with van der Waals surface area (Å²) in [7, 11) is 0. The first-order chi connectivity index (χ1) is 10.6. The smallest absolute Gasteiger partial charge is 0.307 e. The number of carboxylic acids is 1. The summed E-state index contributed by atoms with van der Waals surface area (Å²) in [6, 6.07) is 6.73. The zero-order valence-electron chi connectivity index (χ0n) is 12.9. The molecule has 2 aromatic rings. The maximum atomic E-state index is 11.4. The van der Waals surface area contributed by atoms with Crippen molar-refractivity contribution in [1.82, 2.24) is 4.90 Å². The molecule has 3 nitrogen and oxygen atoms in total. The van der Waals surface area contributed by atoms with E-state index in [-0.39, 0.29) is 12.0 Å². The molecule has 1 aliphatic rings. The molecule has 1 aliphatic heterocycles. The highest BCUT2D eigenvalue weighted by Gasteiger charge is 2.32. The largest absolute Gasteiger partial charge is 0.481 e. The number of rotatable bonds is 4. The monoisotopic (exact) mass is 335 g/mol. The van der Waals surface area contributed by atoms with Crippen molar-refractivity contribution in [2.45, 2.75) is 32.7 Å². The zero-order valence-corrected chi connectivity index (χ0v) is 14.5. The number of hydrogen-bond donors (Lipinski definition) is 1. The van der Waals surface area contributed by atoms with Crippen molar-refractivity contribution in [2.24, 2.45) is 5.92 Å². The summed E-state index contributed by atoms with van der Waals surface area (Å²) in [6.45, 7) is 5.90. The molecular formula is C17H21NO2S2. The molecule has 2 atom stereocenters. The van der Waals surface area contributed by atoms with E-state index in [9.17, 15) is 9.90 Å². The van der Waals surface area contributed by atoms with Crippen molar-refractivity contribution in [3.8, 4) is 0 Å². The molecule has 0 aromatic carbocycles. The molecule has 118 valence electrons. The number of aliphatic carboxylic acids is 1. The number of thiophene rings is 2. The van der Waals surface area contributed by atoms with E-state index in [0.29, 0.717) is 6.54 Å². The lowest BCUT2D eigenvalue weighted by Crippen LogP contribution is -2.41. The second-order valence-electron chi connectivity index (χ2n) is 5.99. The van der Waals surface area contributed by atoms with Crippen LogP contribution in [0.1, 0.15) is 39.1 Å². The van der Waals surface area contributed by atoms with Gasteiger partial charge in [-0.2, -0.15) is 0 Å². The average molecular weight is 335 g/mol. The highest BCUT2D eigenvalue weighted by molar-refractivity contribution is 7.13. The standard InChI is InChI=1S/C17H21NO2S2/c1-11-7-9-21-16(11)15(14-6-5-12(2)22-14)18-8-3-4-13(10-18)17(19)20/h5-7,9,13,15H,3-4,8,10H2,1-2H3,(H,19,20). The highest BCUT2D eigenvalue weighted by atomic mass is 32.1. The van der Waals surface area contributed by atoms with Crippen LogP contribution in [0.4, 0.5) is 0 Å². The van der Waals surface area contributed by atoms with E-state index < -0.39 is 5.97 Å². The number of likely N-dealkylation sites (tertiary alicyclic amines) is 1. The van der Waals surface area contributed by atoms with Crippen LogP contribution in [0.15, 0.2) is 23.6 Å². The number of piperidine rings is 1. The third-order valence-corrected chi connectivity index (χ3v) is 6.47. The van der Waals surface area contributed by atoms with E-state index in [4.69, 9.17) is 0 Å². The fourth-order valence-electron chi connectivity index (χ4n) is 3.18. The Morgan fingerprint density at radius 3 is 2.77 bits per heavy atom. The Balaban J connectivity index is 1.95. The summed E-state index contributed by atoms with van der Waals surface area (Å²) in [5.41, 5.74) is 1.30. The van der Waals surface area contributed by atoms with Crippen molar-refractivity contribution < 1.29 is 9.90 Å². The van der Waals surface area contributed by atoms with Crippen molar-refractivity contribution in [3.05, 3.63) is 43.8 Å². The molecule has 3 heterocycles. The summed E-state index contributed by atoms with van der Waals surface area (Å²) in [6.07, 6.45) is 1.76. The molecule has 22 heavy (non-hydrogen) atoms. The lowest BCUT2D eigenvalue weighted by Gasteiger charge is -2.36. The highest BCUT2D eigenvalue weighted by Crippen LogP contribution is 2.39. The molecule has 2 aromatic heterocycles. The maximum absolute atomic E-state index is 11.4. The summed E-state index contributed by atoms with van der Waals surface area (Å²) in [5, 5.41) is 11.5. The number of carboxylic acid groups (broad SMARTS) is 1. The Morgan fingerprint density at radius 2 is 2.18 bits per heavy atom. The molecule has 0 bridgehead atoms. The summed E-state index contributed by atoms with van der Waals surface area (Å²) in [4.78, 5) is 17.8. The second kappa shape index (κ2) is 6.52. The number of nitrogens with zero attached hydrogens (tertiary/aromatic N) is 1. The topological polar surface area (TPSA) is 40.5 Å². The zero-order chi connectivity index (χ0) is 15.7. The lowest BCUT2D eigenvalue weighted by molar-refractivity contribution is -0.143. The minimum atomic E-state index is -0.659. The van der Waals surface area contributed by atoms with Gasteiger partial charge in [-0.3, -0.25) is 9.69 Å². The van der Waals surface area contributed by atoms with Gasteiger partial charge in [-0.15, -0.1) is 22.7 Å². The SMILES string of the molecule is Cc1ccc(C(c2sccc2C)N2CCCC(C(=O)O)C2)s1. The molecule has 0 amide bonds. The Morgan fingerprint density at radius 1 is 1.36 bits per heavy atom. The molecule has 1 saturated heterocycles. The van der Waals surface area contributed by atoms with Crippen LogP contribution in [0, 0.1) is 19.8 Å². The van der Waals surface area contributed by atoms with Crippen molar-refractivity contribution >= 4 is 28.6 Å². The van der Waals surface area contributed by atoms with Crippen LogP contribution in [0.3, 0.4) is 0 Å². The summed E-state index contributed by atoms with van der Waals surface area (Å²) in [5.74, 6) is -0.897. The minimum absolute atomic E-state index is 0.209. The normalized spacial score (nSPS) is 20.9. The Labute approximate surface area is 139 Å². The third-order valence-electron chi connectivity index (χ3n) is 4.35. The first kappa shape index (κ1) is 15.7. The van der Waals surface area contributed by atoms with Gasteiger partial charge in [0.15, 0.2) is 0 Å². The van der Waals surface area contributed by atoms with Crippen molar-refractivity contribution in [3.63, 3.8) is 0 Å². The van der Waals surface area contributed by atoms with Crippen LogP contribution in [0.2, 0.25) is 0 Å². The van der Waals surface area contributed by atoms with E-state index in [2.05, 4.69) is 42.3 Å². The van der Waals surface area contributed by atoms with Crippen molar-refractivity contribution in [2.75, 3.05) is 13.1 Å². The fraction of sp³-hybridized carbons (Fsp3) is 0.471. The van der Waals surface area contributed by atoms with Gasteiger partial charge in [0.1, 0.15) is 0 Å². The molecule has 0 saturated carbocycles. The molecule has 1 N–H and O–H groups in total. The Bertz CT molecular complexity index is 661. The molecule has 2 unspecified atom stereocenters. The molecular weight excluding hydrogens is 314 g/mol. The van der Waals surface area contributed by atoms with Gasteiger partial charge in [-0.25, -0.2) is 0 Å². The van der Waals surface area contributed by atoms with Gasteiger partial charge in [0.2, 0.25) is 0 Å². The quantitative estimate of drug-likeness (QED) is 0.905. The Kier molecular flexibility index (Phi) is 4.66. The van der Waals surface area contributed by atoms with Gasteiger partial charge in [0.05, 0.1) is 12.0 Å². The van der Waals surface area contributed by atoms with E-state index in [1.54, 1.807) is 11.3 Å². The van der Waals surface area contributed by atoms with Gasteiger partial charge in [0, 0.05) is 21.2 Å². The van der Waals surface area contributed by atoms with Crippen LogP contribution in [-0.2, 0) is 4.79 Å². The molecule has 0 spiro atoms. The summed E-state index contributed by atoms with van der Waals surface area (Å²) < 4.78 is 0. The van der Waals surface area contributed by atoms with Crippen LogP contribution in [0.25, 0.3) is 0 Å². The van der Waals surface area contributed by atoms with Crippen LogP contribution >= 0.6 is 22.7 Å². The van der Waals surface area contributed by atoms with Crippen molar-refractivity contribution in [1.29, 1.82) is 0 Å². The van der Waals surface area contributed by atoms with Crippen LogP contribution in [-0.4, -0.2) is 29.1 Å². The van der Waals surface area contributed by atoms with E-state index in [1.807, 2.05) is 11.3 Å². The number of aryl methyl sites for hydroxylation is 2. The summed E-state index contributed by atoms with van der Waals surface area (Å²) >= 11 is 3.61. The van der Waals surface area contributed by atoms with Gasteiger partial charge < -0.3 is 5.11 Å². The van der Waals surface area contributed by atoms with Gasteiger partial charge in [-0.1, -0.05) is 0 Å². The predicted molar refractivity (Wildman–Crippen MR) is 91.9 cm³/mol.